The Balaban J connectivity index is 2.15. The lowest BCUT2D eigenvalue weighted by Gasteiger charge is -2.26. The number of nitrogens with one attached hydrogen (secondary N) is 3. The number of hydrogen-bond acceptors (Lipinski definition) is 3. The van der Waals surface area contributed by atoms with Crippen LogP contribution in [0, 0.1) is 5.92 Å². The highest BCUT2D eigenvalue weighted by Gasteiger charge is 2.23. The monoisotopic (exact) mass is 269 g/mol. The molecule has 0 spiro atoms. The summed E-state index contributed by atoms with van der Waals surface area (Å²) >= 11 is 0. The maximum absolute atomic E-state index is 11.9. The van der Waals surface area contributed by atoms with E-state index in [2.05, 4.69) is 22.9 Å². The van der Waals surface area contributed by atoms with Gasteiger partial charge in [-0.2, -0.15) is 0 Å². The first-order valence-corrected chi connectivity index (χ1v) is 7.33. The van der Waals surface area contributed by atoms with Gasteiger partial charge >= 0.3 is 0 Å². The maximum Gasteiger partial charge on any atom is 0.224 e. The summed E-state index contributed by atoms with van der Waals surface area (Å²) in [5.41, 5.74) is 0. The Bertz CT molecular complexity index is 299. The third-order valence-corrected chi connectivity index (χ3v) is 3.70. The number of hydrogen-bond donors (Lipinski definition) is 3. The van der Waals surface area contributed by atoms with Crippen LogP contribution in [0.15, 0.2) is 0 Å². The molecule has 1 rings (SSSR count). The predicted molar refractivity (Wildman–Crippen MR) is 75.7 cm³/mol. The Morgan fingerprint density at radius 2 is 2.11 bits per heavy atom. The molecule has 1 saturated heterocycles. The quantitative estimate of drug-likeness (QED) is 0.668. The minimum absolute atomic E-state index is 0.00467. The minimum atomic E-state index is 0.00467. The summed E-state index contributed by atoms with van der Waals surface area (Å²) in [4.78, 5) is 23.4. The SMILES string of the molecule is CCC(C)NC(=O)CCNC(=O)C1CCC(C)NC1. The van der Waals surface area contributed by atoms with Gasteiger partial charge < -0.3 is 16.0 Å². The summed E-state index contributed by atoms with van der Waals surface area (Å²) in [6.45, 7) is 7.31. The lowest BCUT2D eigenvalue weighted by Crippen LogP contribution is -2.44. The molecule has 0 aromatic carbocycles. The van der Waals surface area contributed by atoms with Gasteiger partial charge in [0.1, 0.15) is 0 Å². The van der Waals surface area contributed by atoms with Crippen molar-refractivity contribution >= 4 is 11.8 Å². The largest absolute Gasteiger partial charge is 0.355 e. The van der Waals surface area contributed by atoms with Gasteiger partial charge in [-0.3, -0.25) is 9.59 Å². The lowest BCUT2D eigenvalue weighted by atomic mass is 9.95. The van der Waals surface area contributed by atoms with E-state index in [0.717, 1.165) is 25.8 Å². The molecule has 5 heteroatoms. The van der Waals surface area contributed by atoms with Crippen molar-refractivity contribution in [2.75, 3.05) is 13.1 Å². The summed E-state index contributed by atoms with van der Waals surface area (Å²) in [6, 6.07) is 0.706. The van der Waals surface area contributed by atoms with Crippen LogP contribution < -0.4 is 16.0 Å². The molecule has 19 heavy (non-hydrogen) atoms. The number of piperidine rings is 1. The van der Waals surface area contributed by atoms with Crippen LogP contribution in [0.1, 0.15) is 46.5 Å². The molecular weight excluding hydrogens is 242 g/mol. The Morgan fingerprint density at radius 1 is 1.37 bits per heavy atom. The molecule has 0 radical (unpaired) electrons. The molecule has 1 fully saturated rings. The fourth-order valence-electron chi connectivity index (χ4n) is 2.12. The molecule has 0 aromatic heterocycles. The van der Waals surface area contributed by atoms with Gasteiger partial charge in [0.15, 0.2) is 0 Å². The average molecular weight is 269 g/mol. The topological polar surface area (TPSA) is 70.2 Å². The van der Waals surface area contributed by atoms with Crippen molar-refractivity contribution in [1.82, 2.24) is 16.0 Å². The van der Waals surface area contributed by atoms with Gasteiger partial charge in [-0.05, 0) is 33.1 Å². The lowest BCUT2D eigenvalue weighted by molar-refractivity contribution is -0.126. The van der Waals surface area contributed by atoms with Gasteiger partial charge in [-0.25, -0.2) is 0 Å². The Morgan fingerprint density at radius 3 is 2.68 bits per heavy atom. The summed E-state index contributed by atoms with van der Waals surface area (Å²) < 4.78 is 0. The van der Waals surface area contributed by atoms with Gasteiger partial charge in [0, 0.05) is 31.6 Å². The average Bonchev–Trinajstić information content (AvgIpc) is 2.39. The highest BCUT2D eigenvalue weighted by Crippen LogP contribution is 2.13. The first kappa shape index (κ1) is 16.0. The maximum atomic E-state index is 11.9. The van der Waals surface area contributed by atoms with E-state index < -0.39 is 0 Å². The van der Waals surface area contributed by atoms with Crippen molar-refractivity contribution in [2.24, 2.45) is 5.92 Å². The number of rotatable bonds is 6. The van der Waals surface area contributed by atoms with E-state index in [1.54, 1.807) is 0 Å². The fraction of sp³-hybridized carbons (Fsp3) is 0.857. The Labute approximate surface area is 115 Å². The van der Waals surface area contributed by atoms with E-state index in [9.17, 15) is 9.59 Å². The van der Waals surface area contributed by atoms with Crippen LogP contribution in [0.25, 0.3) is 0 Å². The summed E-state index contributed by atoms with van der Waals surface area (Å²) in [6.07, 6.45) is 3.24. The predicted octanol–water partition coefficient (Wildman–Crippen LogP) is 0.796. The second-order valence-electron chi connectivity index (χ2n) is 5.50. The standard InChI is InChI=1S/C14H27N3O2/c1-4-10(2)17-13(18)7-8-15-14(19)12-6-5-11(3)16-9-12/h10-12,16H,4-9H2,1-3H3,(H,15,19)(H,17,18). The third kappa shape index (κ3) is 6.05. The van der Waals surface area contributed by atoms with E-state index >= 15 is 0 Å². The molecule has 5 nitrogen and oxygen atoms in total. The van der Waals surface area contributed by atoms with Crippen molar-refractivity contribution in [2.45, 2.75) is 58.5 Å². The van der Waals surface area contributed by atoms with Crippen LogP contribution in [0.2, 0.25) is 0 Å². The van der Waals surface area contributed by atoms with Gasteiger partial charge in [0.2, 0.25) is 11.8 Å². The fourth-order valence-corrected chi connectivity index (χ4v) is 2.12. The Hall–Kier alpha value is -1.10. The first-order chi connectivity index (χ1) is 9.02. The molecule has 1 aliphatic heterocycles. The first-order valence-electron chi connectivity index (χ1n) is 7.33. The molecule has 2 amide bonds. The van der Waals surface area contributed by atoms with Gasteiger partial charge in [0.05, 0.1) is 5.92 Å². The van der Waals surface area contributed by atoms with E-state index in [-0.39, 0.29) is 23.8 Å². The second kappa shape index (κ2) is 8.15. The van der Waals surface area contributed by atoms with Crippen LogP contribution in [0.4, 0.5) is 0 Å². The molecule has 1 aliphatic rings. The normalized spacial score (nSPS) is 24.6. The van der Waals surface area contributed by atoms with Crippen molar-refractivity contribution < 1.29 is 9.59 Å². The zero-order chi connectivity index (χ0) is 14.3. The second-order valence-corrected chi connectivity index (χ2v) is 5.50. The molecule has 0 bridgehead atoms. The van der Waals surface area contributed by atoms with Crippen LogP contribution in [0.5, 0.6) is 0 Å². The highest BCUT2D eigenvalue weighted by atomic mass is 16.2. The van der Waals surface area contributed by atoms with Crippen LogP contribution >= 0.6 is 0 Å². The number of carbonyl (C=O) groups excluding carboxylic acids is 2. The van der Waals surface area contributed by atoms with Crippen molar-refractivity contribution in [3.8, 4) is 0 Å². The van der Waals surface area contributed by atoms with Crippen molar-refractivity contribution in [3.63, 3.8) is 0 Å². The number of amides is 2. The van der Waals surface area contributed by atoms with Crippen molar-refractivity contribution in [1.29, 1.82) is 0 Å². The van der Waals surface area contributed by atoms with E-state index in [1.807, 2.05) is 13.8 Å². The summed E-state index contributed by atoms with van der Waals surface area (Å²) in [5, 5.41) is 9.04. The summed E-state index contributed by atoms with van der Waals surface area (Å²) in [5.74, 6) is 0.120. The smallest absolute Gasteiger partial charge is 0.224 e. The van der Waals surface area contributed by atoms with Crippen molar-refractivity contribution in [3.05, 3.63) is 0 Å². The summed E-state index contributed by atoms with van der Waals surface area (Å²) in [7, 11) is 0. The van der Waals surface area contributed by atoms with Gasteiger partial charge in [-0.15, -0.1) is 0 Å². The molecule has 3 N–H and O–H groups in total. The van der Waals surface area contributed by atoms with Gasteiger partial charge in [0.25, 0.3) is 0 Å². The zero-order valence-electron chi connectivity index (χ0n) is 12.3. The van der Waals surface area contributed by atoms with E-state index in [0.29, 0.717) is 19.0 Å². The molecule has 1 heterocycles. The Kier molecular flexibility index (Phi) is 6.84. The van der Waals surface area contributed by atoms with E-state index in [1.165, 1.54) is 0 Å². The van der Waals surface area contributed by atoms with Crippen LogP contribution in [0.3, 0.4) is 0 Å². The van der Waals surface area contributed by atoms with E-state index in [4.69, 9.17) is 0 Å². The van der Waals surface area contributed by atoms with Crippen LogP contribution in [-0.2, 0) is 9.59 Å². The number of carbonyl (C=O) groups is 2. The molecular formula is C14H27N3O2. The molecule has 0 saturated carbocycles. The highest BCUT2D eigenvalue weighted by molar-refractivity contribution is 5.80. The van der Waals surface area contributed by atoms with Gasteiger partial charge in [-0.1, -0.05) is 6.92 Å². The molecule has 0 aliphatic carbocycles. The molecule has 3 atom stereocenters. The minimum Gasteiger partial charge on any atom is -0.355 e. The van der Waals surface area contributed by atoms with Crippen LogP contribution in [-0.4, -0.2) is 37.0 Å². The molecule has 3 unspecified atom stereocenters. The molecule has 110 valence electrons. The third-order valence-electron chi connectivity index (χ3n) is 3.70. The zero-order valence-corrected chi connectivity index (χ0v) is 12.3. The molecule has 0 aromatic rings.